The van der Waals surface area contributed by atoms with Gasteiger partial charge in [-0.3, -0.25) is 5.84 Å². The first-order valence-corrected chi connectivity index (χ1v) is 8.59. The number of nitrogen functional groups attached to an aromatic ring is 1. The van der Waals surface area contributed by atoms with Crippen molar-refractivity contribution in [2.75, 3.05) is 39.2 Å². The monoisotopic (exact) mass is 312 g/mol. The summed E-state index contributed by atoms with van der Waals surface area (Å²) in [5.41, 5.74) is 3.19. The normalized spacial score (nSPS) is 18.1. The van der Waals surface area contributed by atoms with E-state index in [2.05, 4.69) is 24.4 Å². The lowest BCUT2D eigenvalue weighted by atomic mass is 9.98. The average Bonchev–Trinajstić information content (AvgIpc) is 2.47. The van der Waals surface area contributed by atoms with Crippen molar-refractivity contribution in [3.63, 3.8) is 0 Å². The second kappa shape index (κ2) is 6.74. The van der Waals surface area contributed by atoms with Crippen molar-refractivity contribution in [1.82, 2.24) is 9.21 Å². The number of nitrogens with zero attached hydrogens (tertiary/aromatic N) is 2. The fraction of sp³-hybridized carbons (Fsp3) is 0.571. The number of hydrogen-bond donors (Lipinski definition) is 2. The van der Waals surface area contributed by atoms with Crippen LogP contribution in [0.2, 0.25) is 0 Å². The van der Waals surface area contributed by atoms with Crippen molar-refractivity contribution < 1.29 is 8.42 Å². The van der Waals surface area contributed by atoms with Crippen LogP contribution < -0.4 is 11.3 Å². The zero-order valence-electron chi connectivity index (χ0n) is 12.6. The van der Waals surface area contributed by atoms with Gasteiger partial charge in [-0.15, -0.1) is 0 Å². The molecule has 1 heterocycles. The van der Waals surface area contributed by atoms with Crippen molar-refractivity contribution in [3.05, 3.63) is 24.3 Å². The summed E-state index contributed by atoms with van der Waals surface area (Å²) in [6.45, 7) is 2.21. The number of piperidine rings is 1. The molecule has 1 aromatic rings. The zero-order chi connectivity index (χ0) is 15.5. The maximum atomic E-state index is 12.6. The van der Waals surface area contributed by atoms with Gasteiger partial charge in [0, 0.05) is 25.3 Å². The molecule has 1 fully saturated rings. The number of sulfonamides is 1. The molecule has 0 spiro atoms. The molecule has 0 radical (unpaired) electrons. The van der Waals surface area contributed by atoms with Crippen LogP contribution in [0, 0.1) is 5.92 Å². The SMILES string of the molecule is CN(C)CC1CCN(S(=O)(=O)c2ccc(NN)cc2)CC1. The summed E-state index contributed by atoms with van der Waals surface area (Å²) in [7, 11) is 0.716. The second-order valence-corrected chi connectivity index (χ2v) is 7.72. The molecular weight excluding hydrogens is 288 g/mol. The third kappa shape index (κ3) is 3.94. The van der Waals surface area contributed by atoms with Crippen molar-refractivity contribution in [3.8, 4) is 0 Å². The average molecular weight is 312 g/mol. The van der Waals surface area contributed by atoms with E-state index >= 15 is 0 Å². The molecule has 0 saturated carbocycles. The molecule has 0 aliphatic carbocycles. The minimum atomic E-state index is -3.39. The molecule has 1 saturated heterocycles. The fourth-order valence-corrected chi connectivity index (χ4v) is 4.19. The number of nitrogens with two attached hydrogens (primary N) is 1. The van der Waals surface area contributed by atoms with Crippen molar-refractivity contribution in [2.45, 2.75) is 17.7 Å². The molecule has 118 valence electrons. The van der Waals surface area contributed by atoms with Crippen LogP contribution in [0.4, 0.5) is 5.69 Å². The highest BCUT2D eigenvalue weighted by atomic mass is 32.2. The number of hydrogen-bond acceptors (Lipinski definition) is 5. The first-order chi connectivity index (χ1) is 9.93. The van der Waals surface area contributed by atoms with Gasteiger partial charge in [0.25, 0.3) is 0 Å². The van der Waals surface area contributed by atoms with Gasteiger partial charge in [0.05, 0.1) is 4.90 Å². The van der Waals surface area contributed by atoms with Gasteiger partial charge in [-0.05, 0) is 57.1 Å². The Labute approximate surface area is 126 Å². The van der Waals surface area contributed by atoms with Gasteiger partial charge in [0.15, 0.2) is 0 Å². The smallest absolute Gasteiger partial charge is 0.243 e. The molecule has 0 unspecified atom stereocenters. The quantitative estimate of drug-likeness (QED) is 0.625. The second-order valence-electron chi connectivity index (χ2n) is 5.78. The van der Waals surface area contributed by atoms with Gasteiger partial charge in [0.2, 0.25) is 10.0 Å². The van der Waals surface area contributed by atoms with Gasteiger partial charge in [-0.2, -0.15) is 4.31 Å². The van der Waals surface area contributed by atoms with Crippen LogP contribution in [-0.4, -0.2) is 51.4 Å². The molecule has 7 heteroatoms. The number of anilines is 1. The summed E-state index contributed by atoms with van der Waals surface area (Å²) in [6, 6.07) is 6.53. The molecule has 21 heavy (non-hydrogen) atoms. The molecule has 0 atom stereocenters. The Hall–Kier alpha value is -1.15. The lowest BCUT2D eigenvalue weighted by Crippen LogP contribution is -2.40. The van der Waals surface area contributed by atoms with Crippen LogP contribution in [0.15, 0.2) is 29.2 Å². The minimum Gasteiger partial charge on any atom is -0.324 e. The Balaban J connectivity index is 2.03. The summed E-state index contributed by atoms with van der Waals surface area (Å²) in [5.74, 6) is 5.87. The Bertz CT molecular complexity index is 549. The van der Waals surface area contributed by atoms with Crippen molar-refractivity contribution in [2.24, 2.45) is 11.8 Å². The van der Waals surface area contributed by atoms with E-state index in [0.29, 0.717) is 29.6 Å². The molecule has 3 N–H and O–H groups in total. The lowest BCUT2D eigenvalue weighted by Gasteiger charge is -2.32. The number of benzene rings is 1. The van der Waals surface area contributed by atoms with E-state index in [9.17, 15) is 8.42 Å². The largest absolute Gasteiger partial charge is 0.324 e. The zero-order valence-corrected chi connectivity index (χ0v) is 13.4. The van der Waals surface area contributed by atoms with E-state index in [4.69, 9.17) is 5.84 Å². The van der Waals surface area contributed by atoms with Gasteiger partial charge < -0.3 is 10.3 Å². The minimum absolute atomic E-state index is 0.326. The van der Waals surface area contributed by atoms with Crippen LogP contribution in [0.5, 0.6) is 0 Å². The summed E-state index contributed by atoms with van der Waals surface area (Å²) >= 11 is 0. The molecule has 0 bridgehead atoms. The summed E-state index contributed by atoms with van der Waals surface area (Å²) in [6.07, 6.45) is 1.83. The lowest BCUT2D eigenvalue weighted by molar-refractivity contribution is 0.225. The molecular formula is C14H24N4O2S. The van der Waals surface area contributed by atoms with Crippen molar-refractivity contribution >= 4 is 15.7 Å². The van der Waals surface area contributed by atoms with Gasteiger partial charge in [-0.25, -0.2) is 8.42 Å². The molecule has 6 nitrogen and oxygen atoms in total. The molecule has 0 amide bonds. The first kappa shape index (κ1) is 16.2. The maximum absolute atomic E-state index is 12.6. The molecule has 2 rings (SSSR count). The van der Waals surface area contributed by atoms with Crippen LogP contribution in [0.25, 0.3) is 0 Å². The van der Waals surface area contributed by atoms with E-state index in [1.165, 1.54) is 0 Å². The van der Waals surface area contributed by atoms with Gasteiger partial charge in [0.1, 0.15) is 0 Å². The molecule has 1 aromatic carbocycles. The standard InChI is InChI=1S/C14H24N4O2S/c1-17(2)11-12-7-9-18(10-8-12)21(19,20)14-5-3-13(16-15)4-6-14/h3-6,12,16H,7-11,15H2,1-2H3. The topological polar surface area (TPSA) is 78.7 Å². The third-order valence-corrected chi connectivity index (χ3v) is 5.77. The summed E-state index contributed by atoms with van der Waals surface area (Å²) in [5, 5.41) is 0. The highest BCUT2D eigenvalue weighted by molar-refractivity contribution is 7.89. The van der Waals surface area contributed by atoms with Gasteiger partial charge in [-0.1, -0.05) is 0 Å². The van der Waals surface area contributed by atoms with E-state index < -0.39 is 10.0 Å². The van der Waals surface area contributed by atoms with Crippen LogP contribution in [-0.2, 0) is 10.0 Å². The van der Waals surface area contributed by atoms with E-state index in [0.717, 1.165) is 19.4 Å². The Kier molecular flexibility index (Phi) is 5.21. The molecule has 0 aromatic heterocycles. The number of rotatable bonds is 5. The number of nitrogens with one attached hydrogen (secondary N) is 1. The number of hydrazine groups is 1. The molecule has 1 aliphatic heterocycles. The van der Waals surface area contributed by atoms with Crippen LogP contribution in [0.1, 0.15) is 12.8 Å². The van der Waals surface area contributed by atoms with Gasteiger partial charge >= 0.3 is 0 Å². The predicted molar refractivity (Wildman–Crippen MR) is 84.3 cm³/mol. The maximum Gasteiger partial charge on any atom is 0.243 e. The van der Waals surface area contributed by atoms with Crippen LogP contribution in [0.3, 0.4) is 0 Å². The summed E-state index contributed by atoms with van der Waals surface area (Å²) < 4.78 is 26.7. The predicted octanol–water partition coefficient (Wildman–Crippen LogP) is 0.935. The van der Waals surface area contributed by atoms with E-state index in [1.807, 2.05) is 0 Å². The third-order valence-electron chi connectivity index (χ3n) is 3.86. The Morgan fingerprint density at radius 1 is 1.24 bits per heavy atom. The summed E-state index contributed by atoms with van der Waals surface area (Å²) in [4.78, 5) is 2.49. The van der Waals surface area contributed by atoms with Crippen molar-refractivity contribution in [1.29, 1.82) is 0 Å². The van der Waals surface area contributed by atoms with E-state index in [-0.39, 0.29) is 0 Å². The Morgan fingerprint density at radius 3 is 2.29 bits per heavy atom. The van der Waals surface area contributed by atoms with Crippen LogP contribution >= 0.6 is 0 Å². The highest BCUT2D eigenvalue weighted by Gasteiger charge is 2.29. The van der Waals surface area contributed by atoms with E-state index in [1.54, 1.807) is 28.6 Å². The fourth-order valence-electron chi connectivity index (χ4n) is 2.72. The Morgan fingerprint density at radius 2 is 1.81 bits per heavy atom. The first-order valence-electron chi connectivity index (χ1n) is 7.15. The highest BCUT2D eigenvalue weighted by Crippen LogP contribution is 2.24. The molecule has 1 aliphatic rings.